The summed E-state index contributed by atoms with van der Waals surface area (Å²) in [4.78, 5) is 45.2. The number of carbonyl (C=O) groups excluding carboxylic acids is 1. The number of nitrogens with zero attached hydrogens (tertiary/aromatic N) is 5. The molecule has 0 saturated heterocycles. The molecule has 3 N–H and O–H groups in total. The number of rotatable bonds is 4. The zero-order valence-electron chi connectivity index (χ0n) is 13.4. The van der Waals surface area contributed by atoms with Gasteiger partial charge in [0.05, 0.1) is 12.2 Å². The van der Waals surface area contributed by atoms with Gasteiger partial charge in [0.25, 0.3) is 11.5 Å². The highest BCUT2D eigenvalue weighted by Crippen LogP contribution is 2.20. The smallest absolute Gasteiger partial charge is 0.272 e. The van der Waals surface area contributed by atoms with E-state index in [2.05, 4.69) is 40.4 Å². The molecule has 1 atom stereocenters. The maximum atomic E-state index is 12.5. The lowest BCUT2D eigenvalue weighted by atomic mass is 10.2. The van der Waals surface area contributed by atoms with Crippen LogP contribution in [0.4, 0.5) is 0 Å². The zero-order chi connectivity index (χ0) is 18.1. The van der Waals surface area contributed by atoms with Crippen LogP contribution in [0.25, 0.3) is 22.7 Å². The number of imidazole rings is 1. The minimum atomic E-state index is -0.486. The Labute approximate surface area is 144 Å². The Hall–Kier alpha value is -3.89. The number of fused-ring (bicyclic) bond motifs is 1. The van der Waals surface area contributed by atoms with E-state index in [0.29, 0.717) is 17.3 Å². The lowest BCUT2D eigenvalue weighted by Gasteiger charge is -2.10. The van der Waals surface area contributed by atoms with Crippen molar-refractivity contribution in [2.75, 3.05) is 0 Å². The standard InChI is InChI=1S/C15H12N8O3/c1-7(9-4-8(23-26-9)13-16-2-3-17-13)21-15(25)12-11-14(20-6-19-12)22-10(24)5-18-11/h2-7H,1H3,(H,16,17)(H,21,25)(H,19,20,22,24)/t7-/m1/s1. The second kappa shape index (κ2) is 6.20. The van der Waals surface area contributed by atoms with Crippen LogP contribution in [0.2, 0.25) is 0 Å². The Bertz CT molecular complexity index is 1130. The third-order valence-corrected chi connectivity index (χ3v) is 3.63. The van der Waals surface area contributed by atoms with Gasteiger partial charge in [-0.3, -0.25) is 9.59 Å². The normalized spacial score (nSPS) is 12.2. The molecule has 11 heteroatoms. The van der Waals surface area contributed by atoms with Crippen molar-refractivity contribution in [1.82, 2.24) is 40.4 Å². The van der Waals surface area contributed by atoms with E-state index in [1.807, 2.05) is 0 Å². The number of aromatic nitrogens is 7. The molecule has 0 radical (unpaired) electrons. The summed E-state index contributed by atoms with van der Waals surface area (Å²) in [5, 5.41) is 6.67. The molecule has 0 saturated carbocycles. The van der Waals surface area contributed by atoms with Crippen LogP contribution in [0.1, 0.15) is 29.2 Å². The summed E-state index contributed by atoms with van der Waals surface area (Å²) in [7, 11) is 0. The molecule has 0 aliphatic carbocycles. The fourth-order valence-electron chi connectivity index (χ4n) is 2.38. The monoisotopic (exact) mass is 352 g/mol. The summed E-state index contributed by atoms with van der Waals surface area (Å²) in [5.74, 6) is 0.526. The Morgan fingerprint density at radius 3 is 2.96 bits per heavy atom. The lowest BCUT2D eigenvalue weighted by Crippen LogP contribution is -2.28. The molecule has 4 aromatic heterocycles. The minimum absolute atomic E-state index is 0.0453. The molecule has 1 amide bonds. The first-order chi connectivity index (χ1) is 12.6. The number of H-pyrrole nitrogens is 2. The second-order valence-electron chi connectivity index (χ2n) is 5.41. The molecule has 0 aliphatic heterocycles. The van der Waals surface area contributed by atoms with Crippen molar-refractivity contribution < 1.29 is 9.32 Å². The molecule has 130 valence electrons. The molecule has 4 aromatic rings. The first-order valence-electron chi connectivity index (χ1n) is 7.59. The number of carbonyl (C=O) groups is 1. The predicted molar refractivity (Wildman–Crippen MR) is 87.9 cm³/mol. The van der Waals surface area contributed by atoms with Crippen molar-refractivity contribution in [2.24, 2.45) is 0 Å². The second-order valence-corrected chi connectivity index (χ2v) is 5.41. The summed E-state index contributed by atoms with van der Waals surface area (Å²) in [5.41, 5.74) is 0.542. The number of amides is 1. The highest BCUT2D eigenvalue weighted by Gasteiger charge is 2.20. The molecule has 0 aromatic carbocycles. The SMILES string of the molecule is C[C@@H](NC(=O)c1ncnc2[nH]c(=O)cnc12)c1cc(-c2ncc[nH]2)no1. The first-order valence-corrected chi connectivity index (χ1v) is 7.59. The first kappa shape index (κ1) is 15.6. The number of hydrogen-bond acceptors (Lipinski definition) is 8. The molecule has 0 bridgehead atoms. The van der Waals surface area contributed by atoms with Gasteiger partial charge in [0.15, 0.2) is 22.9 Å². The van der Waals surface area contributed by atoms with Gasteiger partial charge in [0.1, 0.15) is 17.5 Å². The quantitative estimate of drug-likeness (QED) is 0.481. The van der Waals surface area contributed by atoms with Gasteiger partial charge in [-0.05, 0) is 6.92 Å². The van der Waals surface area contributed by atoms with Gasteiger partial charge in [-0.2, -0.15) is 0 Å². The molecule has 0 aliphatic rings. The van der Waals surface area contributed by atoms with Crippen molar-refractivity contribution in [2.45, 2.75) is 13.0 Å². The summed E-state index contributed by atoms with van der Waals surface area (Å²) in [6.45, 7) is 1.74. The Morgan fingerprint density at radius 1 is 1.27 bits per heavy atom. The van der Waals surface area contributed by atoms with Crippen molar-refractivity contribution in [3.05, 3.63) is 52.8 Å². The Kier molecular flexibility index (Phi) is 3.73. The van der Waals surface area contributed by atoms with E-state index in [4.69, 9.17) is 4.52 Å². The maximum absolute atomic E-state index is 12.5. The lowest BCUT2D eigenvalue weighted by molar-refractivity contribution is 0.0930. The molecule has 0 fully saturated rings. The topological polar surface area (TPSA) is 155 Å². The van der Waals surface area contributed by atoms with Gasteiger partial charge in [-0.15, -0.1) is 0 Å². The van der Waals surface area contributed by atoms with Gasteiger partial charge in [-0.25, -0.2) is 19.9 Å². The van der Waals surface area contributed by atoms with Crippen LogP contribution in [-0.4, -0.2) is 41.0 Å². The third kappa shape index (κ3) is 2.81. The van der Waals surface area contributed by atoms with Gasteiger partial charge < -0.3 is 19.8 Å². The molecule has 4 heterocycles. The number of aromatic amines is 2. The molecule has 0 unspecified atom stereocenters. The van der Waals surface area contributed by atoms with Gasteiger partial charge >= 0.3 is 0 Å². The van der Waals surface area contributed by atoms with E-state index in [1.54, 1.807) is 25.4 Å². The summed E-state index contributed by atoms with van der Waals surface area (Å²) in [6.07, 6.45) is 5.53. The Morgan fingerprint density at radius 2 is 2.15 bits per heavy atom. The highest BCUT2D eigenvalue weighted by molar-refractivity contribution is 6.01. The fraction of sp³-hybridized carbons (Fsp3) is 0.133. The van der Waals surface area contributed by atoms with E-state index >= 15 is 0 Å². The highest BCUT2D eigenvalue weighted by atomic mass is 16.5. The van der Waals surface area contributed by atoms with Crippen LogP contribution in [0, 0.1) is 0 Å². The summed E-state index contributed by atoms with van der Waals surface area (Å²) >= 11 is 0. The van der Waals surface area contributed by atoms with Crippen LogP contribution in [-0.2, 0) is 0 Å². The van der Waals surface area contributed by atoms with E-state index < -0.39 is 17.5 Å². The molecular formula is C15H12N8O3. The molecule has 26 heavy (non-hydrogen) atoms. The third-order valence-electron chi connectivity index (χ3n) is 3.63. The zero-order valence-corrected chi connectivity index (χ0v) is 13.4. The van der Waals surface area contributed by atoms with Crippen LogP contribution in [0.15, 0.2) is 40.3 Å². The molecule has 4 rings (SSSR count). The largest absolute Gasteiger partial charge is 0.358 e. The Balaban J connectivity index is 1.58. The minimum Gasteiger partial charge on any atom is -0.358 e. The van der Waals surface area contributed by atoms with Crippen LogP contribution in [0.5, 0.6) is 0 Å². The fourth-order valence-corrected chi connectivity index (χ4v) is 2.38. The molecular weight excluding hydrogens is 340 g/mol. The molecule has 0 spiro atoms. The van der Waals surface area contributed by atoms with E-state index in [0.717, 1.165) is 6.20 Å². The summed E-state index contributed by atoms with van der Waals surface area (Å²) in [6, 6.07) is 1.20. The van der Waals surface area contributed by atoms with Crippen molar-refractivity contribution in [1.29, 1.82) is 0 Å². The van der Waals surface area contributed by atoms with Crippen LogP contribution in [0.3, 0.4) is 0 Å². The van der Waals surface area contributed by atoms with Crippen molar-refractivity contribution >= 4 is 17.1 Å². The maximum Gasteiger partial charge on any atom is 0.272 e. The average molecular weight is 352 g/mol. The van der Waals surface area contributed by atoms with E-state index in [-0.39, 0.29) is 16.9 Å². The average Bonchev–Trinajstić information content (AvgIpc) is 3.32. The van der Waals surface area contributed by atoms with E-state index in [9.17, 15) is 9.59 Å². The van der Waals surface area contributed by atoms with Gasteiger partial charge in [0.2, 0.25) is 0 Å². The van der Waals surface area contributed by atoms with Crippen LogP contribution >= 0.6 is 0 Å². The number of nitrogens with one attached hydrogen (secondary N) is 3. The molecule has 11 nitrogen and oxygen atoms in total. The summed E-state index contributed by atoms with van der Waals surface area (Å²) < 4.78 is 5.27. The van der Waals surface area contributed by atoms with E-state index in [1.165, 1.54) is 6.33 Å². The van der Waals surface area contributed by atoms with Crippen molar-refractivity contribution in [3.8, 4) is 11.5 Å². The van der Waals surface area contributed by atoms with Gasteiger partial charge in [-0.1, -0.05) is 5.16 Å². The van der Waals surface area contributed by atoms with Crippen molar-refractivity contribution in [3.63, 3.8) is 0 Å². The van der Waals surface area contributed by atoms with Crippen LogP contribution < -0.4 is 10.9 Å². The van der Waals surface area contributed by atoms with Gasteiger partial charge in [0, 0.05) is 18.5 Å². The predicted octanol–water partition coefficient (Wildman–Crippen LogP) is 0.582. The number of hydrogen-bond donors (Lipinski definition) is 3.